The van der Waals surface area contributed by atoms with Crippen LogP contribution in [0.5, 0.6) is 0 Å². The minimum Gasteiger partial charge on any atom is -0.329 e. The minimum atomic E-state index is -0.248. The zero-order valence-electron chi connectivity index (χ0n) is 27.7. The molecule has 0 aliphatic rings. The Hall–Kier alpha value is -1.73. The number of hydrogen-bond donors (Lipinski definition) is 1. The lowest BCUT2D eigenvalue weighted by atomic mass is 9.89. The van der Waals surface area contributed by atoms with E-state index in [2.05, 4.69) is 56.5 Å². The van der Waals surface area contributed by atoms with E-state index in [0.717, 1.165) is 45.6 Å². The molecule has 0 rings (SSSR count). The number of carbonyl (C=O) groups is 1. The van der Waals surface area contributed by atoms with Gasteiger partial charge in [0.1, 0.15) is 5.78 Å². The molecule has 0 aromatic rings. The summed E-state index contributed by atoms with van der Waals surface area (Å²) >= 11 is 0. The lowest BCUT2D eigenvalue weighted by Crippen LogP contribution is -2.20. The van der Waals surface area contributed by atoms with E-state index in [1.165, 1.54) is 6.08 Å². The van der Waals surface area contributed by atoms with Gasteiger partial charge in [0.15, 0.2) is 0 Å². The number of isocyanates is 1. The Kier molecular flexibility index (Phi) is 27.7. The van der Waals surface area contributed by atoms with Gasteiger partial charge >= 0.3 is 0 Å². The Morgan fingerprint density at radius 1 is 0.737 bits per heavy atom. The number of nitrogens with zero attached hydrogens (tertiary/aromatic N) is 6. The van der Waals surface area contributed by atoms with Crippen LogP contribution in [0.4, 0.5) is 0 Å². The van der Waals surface area contributed by atoms with E-state index in [-0.39, 0.29) is 16.5 Å². The first-order chi connectivity index (χ1) is 17.1. The molecule has 0 saturated heterocycles. The molecule has 0 saturated carbocycles. The van der Waals surface area contributed by atoms with Crippen LogP contribution in [0.25, 0.3) is 0 Å². The predicted molar refractivity (Wildman–Crippen MR) is 165 cm³/mol. The molecule has 0 unspecified atom stereocenters. The lowest BCUT2D eigenvalue weighted by Gasteiger charge is -2.17. The number of nitrogens with two attached hydrogens (primary N) is 1. The van der Waals surface area contributed by atoms with E-state index in [9.17, 15) is 9.59 Å². The van der Waals surface area contributed by atoms with E-state index in [1.807, 2.05) is 83.8 Å². The van der Waals surface area contributed by atoms with E-state index >= 15 is 0 Å². The van der Waals surface area contributed by atoms with Crippen molar-refractivity contribution in [2.45, 2.75) is 92.7 Å². The third-order valence-electron chi connectivity index (χ3n) is 3.86. The third kappa shape index (κ3) is 59.4. The summed E-state index contributed by atoms with van der Waals surface area (Å²) < 4.78 is 0. The monoisotopic (exact) mass is 542 g/mol. The molecule has 0 atom stereocenters. The standard InChI is InChI=1S/C11H23NO.C9H19N3.C5H9NO.C4H12N2/c1-11(2,3)9-10(13)7-6-8-12(4)5;1-9(2,3)11-8-10-6-7-12(4)5;1-5(2,3)6-4-7;1-6(2)4-3-5/h6-9H2,1-5H3;6-7H2,1-5H3;1-3H3;3-5H2,1-2H3. The van der Waals surface area contributed by atoms with Gasteiger partial charge in [0, 0.05) is 32.5 Å². The molecule has 0 fully saturated rings. The highest BCUT2D eigenvalue weighted by molar-refractivity contribution is 5.78. The van der Waals surface area contributed by atoms with Crippen LogP contribution in [0.3, 0.4) is 0 Å². The molecule has 0 bridgehead atoms. The Morgan fingerprint density at radius 2 is 1.18 bits per heavy atom. The number of carbonyl (C=O) groups excluding carboxylic acids is 2. The normalized spacial score (nSPS) is 11.1. The first kappa shape index (κ1) is 43.3. The van der Waals surface area contributed by atoms with Gasteiger partial charge in [-0.05, 0) is 102 Å². The second kappa shape index (κ2) is 24.3. The van der Waals surface area contributed by atoms with Gasteiger partial charge in [-0.3, -0.25) is 4.79 Å². The van der Waals surface area contributed by atoms with Gasteiger partial charge in [0.25, 0.3) is 0 Å². The molecule has 38 heavy (non-hydrogen) atoms. The SMILES string of the molecule is CC(C)(C)N=C=O.CN(C)CCCC(=O)CC(C)(C)C.CN(C)CCN.CN(C)CCN=C=NC(C)(C)C. The van der Waals surface area contributed by atoms with Crippen LogP contribution >= 0.6 is 0 Å². The fraction of sp³-hybridized carbons (Fsp3) is 0.897. The molecule has 9 heteroatoms. The van der Waals surface area contributed by atoms with Crippen molar-refractivity contribution in [3.63, 3.8) is 0 Å². The number of likely N-dealkylation sites (N-methyl/N-ethyl adjacent to an activating group) is 2. The molecule has 226 valence electrons. The smallest absolute Gasteiger partial charge is 0.235 e. The van der Waals surface area contributed by atoms with Crippen molar-refractivity contribution in [1.29, 1.82) is 0 Å². The predicted octanol–water partition coefficient (Wildman–Crippen LogP) is 4.48. The van der Waals surface area contributed by atoms with Crippen LogP contribution in [0, 0.1) is 5.41 Å². The quantitative estimate of drug-likeness (QED) is 0.323. The van der Waals surface area contributed by atoms with E-state index < -0.39 is 0 Å². The third-order valence-corrected chi connectivity index (χ3v) is 3.86. The number of rotatable bonds is 10. The first-order valence-electron chi connectivity index (χ1n) is 13.4. The summed E-state index contributed by atoms with van der Waals surface area (Å²) in [5, 5.41) is 0. The van der Waals surface area contributed by atoms with Gasteiger partial charge in [-0.25, -0.2) is 19.8 Å². The molecule has 0 aromatic heterocycles. The van der Waals surface area contributed by atoms with Crippen molar-refractivity contribution in [2.75, 3.05) is 75.0 Å². The average Bonchev–Trinajstić information content (AvgIpc) is 2.65. The minimum absolute atomic E-state index is 0.0540. The Labute approximate surface area is 236 Å². The van der Waals surface area contributed by atoms with Gasteiger partial charge in [-0.2, -0.15) is 0 Å². The fourth-order valence-electron chi connectivity index (χ4n) is 2.15. The highest BCUT2D eigenvalue weighted by Gasteiger charge is 2.15. The molecule has 0 amide bonds. The maximum absolute atomic E-state index is 11.4. The molecule has 0 radical (unpaired) electrons. The molecule has 2 N–H and O–H groups in total. The summed E-state index contributed by atoms with van der Waals surface area (Å²) in [6.45, 7) is 22.4. The summed E-state index contributed by atoms with van der Waals surface area (Å²) in [6, 6.07) is 2.70. The van der Waals surface area contributed by atoms with Crippen molar-refractivity contribution in [3.05, 3.63) is 0 Å². The molecule has 0 heterocycles. The summed E-state index contributed by atoms with van der Waals surface area (Å²) in [7, 11) is 12.1. The zero-order valence-corrected chi connectivity index (χ0v) is 27.7. The highest BCUT2D eigenvalue weighted by atomic mass is 16.1. The van der Waals surface area contributed by atoms with Gasteiger partial charge in [-0.1, -0.05) is 20.8 Å². The molecule has 0 aliphatic carbocycles. The number of hydrogen-bond acceptors (Lipinski definition) is 9. The molecule has 0 spiro atoms. The molecular weight excluding hydrogens is 478 g/mol. The molecular formula is C29H63N7O2. The van der Waals surface area contributed by atoms with Crippen LogP contribution in [0.2, 0.25) is 0 Å². The van der Waals surface area contributed by atoms with Crippen LogP contribution in [-0.4, -0.2) is 119 Å². The van der Waals surface area contributed by atoms with E-state index in [4.69, 9.17) is 5.73 Å². The van der Waals surface area contributed by atoms with E-state index in [1.54, 1.807) is 0 Å². The van der Waals surface area contributed by atoms with Gasteiger partial charge in [0.05, 0.1) is 23.6 Å². The van der Waals surface area contributed by atoms with E-state index in [0.29, 0.717) is 12.2 Å². The summed E-state index contributed by atoms with van der Waals surface area (Å²) in [4.78, 5) is 38.8. The first-order valence-corrected chi connectivity index (χ1v) is 13.4. The average molecular weight is 542 g/mol. The topological polar surface area (TPSA) is 107 Å². The maximum atomic E-state index is 11.4. The van der Waals surface area contributed by atoms with Crippen molar-refractivity contribution in [1.82, 2.24) is 14.7 Å². The van der Waals surface area contributed by atoms with Crippen molar-refractivity contribution >= 4 is 17.9 Å². The van der Waals surface area contributed by atoms with Crippen LogP contribution in [0.15, 0.2) is 15.0 Å². The highest BCUT2D eigenvalue weighted by Crippen LogP contribution is 2.19. The van der Waals surface area contributed by atoms with Crippen molar-refractivity contribution < 1.29 is 9.59 Å². The van der Waals surface area contributed by atoms with Gasteiger partial charge < -0.3 is 20.4 Å². The summed E-state index contributed by atoms with van der Waals surface area (Å²) in [6.07, 6.45) is 3.91. The molecule has 0 aromatic carbocycles. The van der Waals surface area contributed by atoms with Gasteiger partial charge in [0.2, 0.25) is 6.08 Å². The summed E-state index contributed by atoms with van der Waals surface area (Å²) in [5.41, 5.74) is 5.03. The number of Topliss-reactive ketones (excluding diaryl/α,β-unsaturated/α-hetero) is 1. The molecule has 0 aliphatic heterocycles. The van der Waals surface area contributed by atoms with Crippen molar-refractivity contribution in [3.8, 4) is 0 Å². The Morgan fingerprint density at radius 3 is 1.45 bits per heavy atom. The maximum Gasteiger partial charge on any atom is 0.235 e. The Balaban J connectivity index is -0.000000213. The fourth-order valence-corrected chi connectivity index (χ4v) is 2.15. The van der Waals surface area contributed by atoms with Gasteiger partial charge in [-0.15, -0.1) is 0 Å². The number of aliphatic imine (C=N–C) groups is 3. The number of ketones is 1. The molecule has 9 nitrogen and oxygen atoms in total. The van der Waals surface area contributed by atoms with Crippen LogP contribution in [0.1, 0.15) is 81.6 Å². The summed E-state index contributed by atoms with van der Waals surface area (Å²) in [5.74, 6) is 0.398. The largest absolute Gasteiger partial charge is 0.329 e. The second-order valence-corrected chi connectivity index (χ2v) is 13.2. The Bertz CT molecular complexity index is 671. The van der Waals surface area contributed by atoms with Crippen LogP contribution < -0.4 is 5.73 Å². The van der Waals surface area contributed by atoms with Crippen molar-refractivity contribution in [2.24, 2.45) is 26.1 Å². The van der Waals surface area contributed by atoms with Crippen LogP contribution in [-0.2, 0) is 9.59 Å². The lowest BCUT2D eigenvalue weighted by molar-refractivity contribution is -0.120. The second-order valence-electron chi connectivity index (χ2n) is 13.2. The zero-order chi connectivity index (χ0) is 31.0.